The minimum absolute atomic E-state index is 0.0818. The standard InChI is InChI=1S/C12H13N3O3/c16-10-5-9(6-13-7-10)12-14-11(15-18-12)8-1-3-17-4-2-8/h5-8,16H,1-4H2. The van der Waals surface area contributed by atoms with E-state index in [2.05, 4.69) is 15.1 Å². The molecular formula is C12H13N3O3. The third-order valence-corrected chi connectivity index (χ3v) is 3.00. The average molecular weight is 247 g/mol. The zero-order chi connectivity index (χ0) is 12.4. The van der Waals surface area contributed by atoms with Gasteiger partial charge < -0.3 is 14.4 Å². The van der Waals surface area contributed by atoms with Crippen molar-refractivity contribution in [3.63, 3.8) is 0 Å². The molecular weight excluding hydrogens is 234 g/mol. The van der Waals surface area contributed by atoms with Gasteiger partial charge in [0, 0.05) is 25.3 Å². The van der Waals surface area contributed by atoms with Crippen molar-refractivity contribution < 1.29 is 14.4 Å². The molecule has 18 heavy (non-hydrogen) atoms. The molecule has 0 bridgehead atoms. The van der Waals surface area contributed by atoms with E-state index in [1.807, 2.05) is 0 Å². The second-order valence-electron chi connectivity index (χ2n) is 4.28. The smallest absolute Gasteiger partial charge is 0.259 e. The topological polar surface area (TPSA) is 81.3 Å². The van der Waals surface area contributed by atoms with Gasteiger partial charge in [0.1, 0.15) is 5.75 Å². The number of aromatic hydroxyl groups is 1. The molecule has 0 atom stereocenters. The second-order valence-corrected chi connectivity index (χ2v) is 4.28. The lowest BCUT2D eigenvalue weighted by Gasteiger charge is -2.18. The Morgan fingerprint density at radius 2 is 2.06 bits per heavy atom. The Balaban J connectivity index is 1.84. The van der Waals surface area contributed by atoms with Gasteiger partial charge in [-0.3, -0.25) is 4.98 Å². The molecule has 0 aliphatic carbocycles. The summed E-state index contributed by atoms with van der Waals surface area (Å²) in [6, 6.07) is 1.55. The minimum atomic E-state index is 0.0818. The van der Waals surface area contributed by atoms with Crippen molar-refractivity contribution in [2.75, 3.05) is 13.2 Å². The second kappa shape index (κ2) is 4.73. The number of hydrogen-bond acceptors (Lipinski definition) is 6. The van der Waals surface area contributed by atoms with Crippen molar-refractivity contribution in [2.45, 2.75) is 18.8 Å². The van der Waals surface area contributed by atoms with E-state index >= 15 is 0 Å². The van der Waals surface area contributed by atoms with Crippen LogP contribution in [0.25, 0.3) is 11.5 Å². The molecule has 0 aromatic carbocycles. The lowest BCUT2D eigenvalue weighted by Crippen LogP contribution is -2.15. The molecule has 3 rings (SSSR count). The Hall–Kier alpha value is -1.95. The maximum Gasteiger partial charge on any atom is 0.259 e. The summed E-state index contributed by atoms with van der Waals surface area (Å²) in [5.41, 5.74) is 0.626. The van der Waals surface area contributed by atoms with Crippen LogP contribution in [0.2, 0.25) is 0 Å². The molecule has 6 nitrogen and oxygen atoms in total. The van der Waals surface area contributed by atoms with Crippen LogP contribution in [0.15, 0.2) is 23.0 Å². The van der Waals surface area contributed by atoms with E-state index in [0.29, 0.717) is 23.2 Å². The van der Waals surface area contributed by atoms with E-state index in [1.54, 1.807) is 12.3 Å². The van der Waals surface area contributed by atoms with Crippen molar-refractivity contribution >= 4 is 0 Å². The molecule has 1 N–H and O–H groups in total. The number of ether oxygens (including phenoxy) is 1. The number of aromatic nitrogens is 3. The van der Waals surface area contributed by atoms with Crippen molar-refractivity contribution in [2.24, 2.45) is 0 Å². The number of nitrogens with zero attached hydrogens (tertiary/aromatic N) is 3. The van der Waals surface area contributed by atoms with Gasteiger partial charge in [-0.05, 0) is 18.9 Å². The summed E-state index contributed by atoms with van der Waals surface area (Å²) in [6.45, 7) is 1.48. The van der Waals surface area contributed by atoms with Gasteiger partial charge in [-0.25, -0.2) is 0 Å². The van der Waals surface area contributed by atoms with E-state index in [9.17, 15) is 5.11 Å². The summed E-state index contributed by atoms with van der Waals surface area (Å²) in [5.74, 6) is 1.47. The van der Waals surface area contributed by atoms with Crippen LogP contribution in [0.3, 0.4) is 0 Å². The largest absolute Gasteiger partial charge is 0.506 e. The normalized spacial score (nSPS) is 16.9. The maximum absolute atomic E-state index is 9.36. The lowest BCUT2D eigenvalue weighted by atomic mass is 10.00. The summed E-state index contributed by atoms with van der Waals surface area (Å²) < 4.78 is 10.5. The first-order valence-electron chi connectivity index (χ1n) is 5.88. The fraction of sp³-hybridized carbons (Fsp3) is 0.417. The summed E-state index contributed by atoms with van der Waals surface area (Å²) in [7, 11) is 0. The highest BCUT2D eigenvalue weighted by Crippen LogP contribution is 2.27. The predicted molar refractivity (Wildman–Crippen MR) is 62.0 cm³/mol. The van der Waals surface area contributed by atoms with Crippen LogP contribution < -0.4 is 0 Å². The first-order chi connectivity index (χ1) is 8.83. The Bertz CT molecular complexity index is 535. The van der Waals surface area contributed by atoms with Crippen molar-refractivity contribution in [1.29, 1.82) is 0 Å². The Labute approximate surface area is 104 Å². The van der Waals surface area contributed by atoms with E-state index in [1.165, 1.54) is 6.20 Å². The fourth-order valence-corrected chi connectivity index (χ4v) is 2.02. The van der Waals surface area contributed by atoms with Crippen molar-refractivity contribution in [3.05, 3.63) is 24.3 Å². The van der Waals surface area contributed by atoms with E-state index in [0.717, 1.165) is 26.1 Å². The molecule has 0 saturated carbocycles. The number of hydrogen-bond donors (Lipinski definition) is 1. The molecule has 0 radical (unpaired) electrons. The quantitative estimate of drug-likeness (QED) is 0.870. The molecule has 1 aliphatic heterocycles. The summed E-state index contributed by atoms with van der Waals surface area (Å²) in [4.78, 5) is 8.25. The molecule has 1 saturated heterocycles. The van der Waals surface area contributed by atoms with Crippen LogP contribution >= 0.6 is 0 Å². The molecule has 6 heteroatoms. The number of pyridine rings is 1. The van der Waals surface area contributed by atoms with Gasteiger partial charge in [-0.15, -0.1) is 0 Å². The van der Waals surface area contributed by atoms with Crippen LogP contribution in [0.1, 0.15) is 24.6 Å². The van der Waals surface area contributed by atoms with Gasteiger partial charge in [-0.1, -0.05) is 5.16 Å². The first kappa shape index (κ1) is 11.2. The Kier molecular flexibility index (Phi) is 2.93. The van der Waals surface area contributed by atoms with Gasteiger partial charge in [0.25, 0.3) is 5.89 Å². The van der Waals surface area contributed by atoms with Crippen molar-refractivity contribution in [1.82, 2.24) is 15.1 Å². The number of rotatable bonds is 2. The van der Waals surface area contributed by atoms with E-state index < -0.39 is 0 Å². The maximum atomic E-state index is 9.36. The summed E-state index contributed by atoms with van der Waals surface area (Å²) in [5, 5.41) is 13.4. The first-order valence-corrected chi connectivity index (χ1v) is 5.88. The lowest BCUT2D eigenvalue weighted by molar-refractivity contribution is 0.0830. The molecule has 2 aromatic rings. The molecule has 3 heterocycles. The SMILES string of the molecule is Oc1cncc(-c2nc(C3CCOCC3)no2)c1. The molecule has 0 unspecified atom stereocenters. The molecule has 1 aliphatic rings. The van der Waals surface area contributed by atoms with Gasteiger partial charge in [0.2, 0.25) is 0 Å². The molecule has 94 valence electrons. The highest BCUT2D eigenvalue weighted by molar-refractivity contribution is 5.53. The zero-order valence-corrected chi connectivity index (χ0v) is 9.74. The predicted octanol–water partition coefficient (Wildman–Crippen LogP) is 1.73. The molecule has 2 aromatic heterocycles. The van der Waals surface area contributed by atoms with E-state index in [-0.39, 0.29) is 5.75 Å². The highest BCUT2D eigenvalue weighted by atomic mass is 16.5. The third-order valence-electron chi connectivity index (χ3n) is 3.00. The monoisotopic (exact) mass is 247 g/mol. The third kappa shape index (κ3) is 2.19. The van der Waals surface area contributed by atoms with Gasteiger partial charge >= 0.3 is 0 Å². The Morgan fingerprint density at radius 1 is 1.22 bits per heavy atom. The minimum Gasteiger partial charge on any atom is -0.506 e. The summed E-state index contributed by atoms with van der Waals surface area (Å²) in [6.07, 6.45) is 4.77. The van der Waals surface area contributed by atoms with Gasteiger partial charge in [0.15, 0.2) is 5.82 Å². The molecule has 0 spiro atoms. The fourth-order valence-electron chi connectivity index (χ4n) is 2.02. The van der Waals surface area contributed by atoms with Crippen LogP contribution in [-0.4, -0.2) is 33.4 Å². The average Bonchev–Trinajstić information content (AvgIpc) is 2.89. The Morgan fingerprint density at radius 3 is 2.83 bits per heavy atom. The highest BCUT2D eigenvalue weighted by Gasteiger charge is 2.21. The van der Waals surface area contributed by atoms with Gasteiger partial charge in [-0.2, -0.15) is 4.98 Å². The molecule has 1 fully saturated rings. The zero-order valence-electron chi connectivity index (χ0n) is 9.74. The van der Waals surface area contributed by atoms with Gasteiger partial charge in [0.05, 0.1) is 11.8 Å². The summed E-state index contributed by atoms with van der Waals surface area (Å²) >= 11 is 0. The van der Waals surface area contributed by atoms with Crippen molar-refractivity contribution in [3.8, 4) is 17.2 Å². The van der Waals surface area contributed by atoms with Crippen LogP contribution in [-0.2, 0) is 4.74 Å². The van der Waals surface area contributed by atoms with Crippen LogP contribution in [0, 0.1) is 0 Å². The molecule has 0 amide bonds. The van der Waals surface area contributed by atoms with E-state index in [4.69, 9.17) is 9.26 Å². The van der Waals surface area contributed by atoms with Crippen LogP contribution in [0.5, 0.6) is 5.75 Å². The van der Waals surface area contributed by atoms with Crippen LogP contribution in [0.4, 0.5) is 0 Å².